The lowest BCUT2D eigenvalue weighted by atomic mass is 10.1. The number of carbonyl (C=O) groups excluding carboxylic acids is 1. The number of amides is 1. The Labute approximate surface area is 206 Å². The summed E-state index contributed by atoms with van der Waals surface area (Å²) < 4.78 is 44.6. The third-order valence-electron chi connectivity index (χ3n) is 5.52. The fraction of sp³-hybridized carbons (Fsp3) is 0.269. The van der Waals surface area contributed by atoms with Gasteiger partial charge in [0.1, 0.15) is 28.7 Å². The van der Waals surface area contributed by atoms with E-state index in [4.69, 9.17) is 14.2 Å². The molecule has 0 aliphatic rings. The van der Waals surface area contributed by atoms with E-state index in [1.54, 1.807) is 56.5 Å². The number of aryl methyl sites for hydroxylation is 1. The minimum atomic E-state index is -4.17. The van der Waals surface area contributed by atoms with Gasteiger partial charge in [-0.1, -0.05) is 24.3 Å². The monoisotopic (exact) mass is 498 g/mol. The fourth-order valence-corrected chi connectivity index (χ4v) is 5.35. The van der Waals surface area contributed by atoms with Crippen LogP contribution in [0.15, 0.2) is 71.6 Å². The van der Waals surface area contributed by atoms with Crippen molar-refractivity contribution in [2.45, 2.75) is 24.8 Å². The summed E-state index contributed by atoms with van der Waals surface area (Å²) in [7, 11) is 0.318. The molecular weight excluding hydrogens is 468 g/mol. The molecule has 0 spiro atoms. The van der Waals surface area contributed by atoms with Crippen LogP contribution in [0.2, 0.25) is 0 Å². The van der Waals surface area contributed by atoms with Crippen LogP contribution in [-0.2, 0) is 14.8 Å². The van der Waals surface area contributed by atoms with Crippen molar-refractivity contribution in [2.75, 3.05) is 32.2 Å². The van der Waals surface area contributed by atoms with Crippen molar-refractivity contribution >= 4 is 21.6 Å². The molecule has 0 saturated carbocycles. The first-order chi connectivity index (χ1) is 16.7. The maximum absolute atomic E-state index is 13.8. The molecule has 1 amide bonds. The number of hydrogen-bond acceptors (Lipinski definition) is 6. The van der Waals surface area contributed by atoms with E-state index in [2.05, 4.69) is 5.32 Å². The summed E-state index contributed by atoms with van der Waals surface area (Å²) in [4.78, 5) is 13.1. The number of hydrogen-bond donors (Lipinski definition) is 1. The van der Waals surface area contributed by atoms with Gasteiger partial charge in [-0.15, -0.1) is 0 Å². The predicted octanol–water partition coefficient (Wildman–Crippen LogP) is 4.09. The third-order valence-corrected chi connectivity index (χ3v) is 7.31. The van der Waals surface area contributed by atoms with Crippen LogP contribution in [0.4, 0.5) is 5.69 Å². The Morgan fingerprint density at radius 2 is 1.57 bits per heavy atom. The van der Waals surface area contributed by atoms with E-state index in [-0.39, 0.29) is 10.6 Å². The predicted molar refractivity (Wildman–Crippen MR) is 135 cm³/mol. The van der Waals surface area contributed by atoms with Crippen molar-refractivity contribution in [1.82, 2.24) is 5.32 Å². The quantitative estimate of drug-likeness (QED) is 0.452. The second-order valence-electron chi connectivity index (χ2n) is 7.90. The fourth-order valence-electron chi connectivity index (χ4n) is 3.69. The molecule has 9 heteroatoms. The van der Waals surface area contributed by atoms with E-state index in [0.717, 1.165) is 15.4 Å². The summed E-state index contributed by atoms with van der Waals surface area (Å²) in [6.07, 6.45) is 0. The summed E-state index contributed by atoms with van der Waals surface area (Å²) in [6, 6.07) is 18.3. The van der Waals surface area contributed by atoms with Gasteiger partial charge in [0.25, 0.3) is 10.0 Å². The number of sulfonamides is 1. The average molecular weight is 499 g/mol. The highest BCUT2D eigenvalue weighted by Crippen LogP contribution is 2.32. The first-order valence-corrected chi connectivity index (χ1v) is 12.4. The lowest BCUT2D eigenvalue weighted by molar-refractivity contribution is -0.120. The third kappa shape index (κ3) is 5.86. The van der Waals surface area contributed by atoms with Crippen LogP contribution in [0.1, 0.15) is 24.1 Å². The van der Waals surface area contributed by atoms with Crippen molar-refractivity contribution in [1.29, 1.82) is 0 Å². The average Bonchev–Trinajstić information content (AvgIpc) is 2.87. The molecule has 0 aliphatic heterocycles. The van der Waals surface area contributed by atoms with Crippen LogP contribution in [0.3, 0.4) is 0 Å². The summed E-state index contributed by atoms with van der Waals surface area (Å²) >= 11 is 0. The first-order valence-electron chi connectivity index (χ1n) is 10.9. The topological polar surface area (TPSA) is 94.2 Å². The van der Waals surface area contributed by atoms with Crippen LogP contribution >= 0.6 is 0 Å². The first kappa shape index (κ1) is 25.9. The van der Waals surface area contributed by atoms with Crippen LogP contribution in [0.25, 0.3) is 0 Å². The molecule has 35 heavy (non-hydrogen) atoms. The van der Waals surface area contributed by atoms with Crippen LogP contribution in [-0.4, -0.2) is 42.2 Å². The zero-order chi connectivity index (χ0) is 25.6. The molecule has 0 saturated heterocycles. The molecule has 3 aromatic rings. The summed E-state index contributed by atoms with van der Waals surface area (Å²) in [5.41, 5.74) is 1.84. The minimum Gasteiger partial charge on any atom is -0.497 e. The van der Waals surface area contributed by atoms with E-state index in [1.165, 1.54) is 20.3 Å². The molecule has 3 rings (SSSR count). The van der Waals surface area contributed by atoms with Crippen LogP contribution in [0.5, 0.6) is 17.2 Å². The van der Waals surface area contributed by atoms with Gasteiger partial charge in [0.15, 0.2) is 0 Å². The smallest absolute Gasteiger partial charge is 0.268 e. The molecule has 0 radical (unpaired) electrons. The maximum atomic E-state index is 13.8. The summed E-state index contributed by atoms with van der Waals surface area (Å²) in [6.45, 7) is 3.16. The molecule has 0 bridgehead atoms. The van der Waals surface area contributed by atoms with Crippen molar-refractivity contribution in [2.24, 2.45) is 0 Å². The van der Waals surface area contributed by atoms with E-state index >= 15 is 0 Å². The van der Waals surface area contributed by atoms with Gasteiger partial charge in [-0.3, -0.25) is 9.10 Å². The molecule has 0 aliphatic carbocycles. The second kappa shape index (κ2) is 11.1. The second-order valence-corrected chi connectivity index (χ2v) is 9.73. The van der Waals surface area contributed by atoms with Crippen molar-refractivity contribution in [3.8, 4) is 17.2 Å². The molecule has 0 aromatic heterocycles. The van der Waals surface area contributed by atoms with Crippen molar-refractivity contribution in [3.05, 3.63) is 77.9 Å². The lowest BCUT2D eigenvalue weighted by Crippen LogP contribution is -2.41. The molecule has 0 heterocycles. The van der Waals surface area contributed by atoms with Gasteiger partial charge in [-0.05, 0) is 61.9 Å². The number of carbonyl (C=O) groups is 1. The molecule has 0 fully saturated rings. The Morgan fingerprint density at radius 1 is 0.914 bits per heavy atom. The van der Waals surface area contributed by atoms with Gasteiger partial charge in [0, 0.05) is 5.56 Å². The molecule has 8 nitrogen and oxygen atoms in total. The van der Waals surface area contributed by atoms with Gasteiger partial charge in [-0.2, -0.15) is 0 Å². The summed E-state index contributed by atoms with van der Waals surface area (Å²) in [5.74, 6) is 0.907. The zero-order valence-electron chi connectivity index (χ0n) is 20.4. The molecule has 186 valence electrons. The standard InChI is InChI=1S/C26H30N2O6S/c1-18-10-15-24(34-5)25(16-18)35(30,31)28(20-11-13-21(32-3)14-12-20)17-26(29)27-19(2)22-8-6-7-9-23(22)33-4/h6-16,19H,17H2,1-5H3,(H,27,29)/t19-/m0/s1. The van der Waals surface area contributed by atoms with Crippen molar-refractivity contribution in [3.63, 3.8) is 0 Å². The highest BCUT2D eigenvalue weighted by Gasteiger charge is 2.31. The van der Waals surface area contributed by atoms with Gasteiger partial charge >= 0.3 is 0 Å². The van der Waals surface area contributed by atoms with Gasteiger partial charge < -0.3 is 19.5 Å². The Balaban J connectivity index is 1.98. The number of ether oxygens (including phenoxy) is 3. The Kier molecular flexibility index (Phi) is 8.24. The number of nitrogens with zero attached hydrogens (tertiary/aromatic N) is 1. The van der Waals surface area contributed by atoms with Crippen molar-refractivity contribution < 1.29 is 27.4 Å². The molecule has 3 aromatic carbocycles. The molecular formula is C26H30N2O6S. The number of benzene rings is 3. The van der Waals surface area contributed by atoms with Crippen LogP contribution < -0.4 is 23.8 Å². The number of nitrogens with one attached hydrogen (secondary N) is 1. The molecule has 0 unspecified atom stereocenters. The highest BCUT2D eigenvalue weighted by molar-refractivity contribution is 7.93. The SMILES string of the molecule is COc1ccc(N(CC(=O)N[C@@H](C)c2ccccc2OC)S(=O)(=O)c2cc(C)ccc2OC)cc1. The van der Waals surface area contributed by atoms with Crippen LogP contribution in [0, 0.1) is 6.92 Å². The number of rotatable bonds is 10. The van der Waals surface area contributed by atoms with Gasteiger partial charge in [0.05, 0.1) is 33.1 Å². The minimum absolute atomic E-state index is 0.0265. The summed E-state index contributed by atoms with van der Waals surface area (Å²) in [5, 5.41) is 2.88. The van der Waals surface area contributed by atoms with E-state index in [0.29, 0.717) is 17.2 Å². The Morgan fingerprint density at radius 3 is 2.20 bits per heavy atom. The van der Waals surface area contributed by atoms with Gasteiger partial charge in [0.2, 0.25) is 5.91 Å². The largest absolute Gasteiger partial charge is 0.497 e. The van der Waals surface area contributed by atoms with E-state index in [9.17, 15) is 13.2 Å². The molecule has 1 atom stereocenters. The maximum Gasteiger partial charge on any atom is 0.268 e. The highest BCUT2D eigenvalue weighted by atomic mass is 32.2. The van der Waals surface area contributed by atoms with E-state index in [1.807, 2.05) is 25.1 Å². The Bertz CT molecular complexity index is 1280. The lowest BCUT2D eigenvalue weighted by Gasteiger charge is -2.26. The number of para-hydroxylation sites is 1. The zero-order valence-corrected chi connectivity index (χ0v) is 21.3. The number of methoxy groups -OCH3 is 3. The molecule has 1 N–H and O–H groups in total. The normalized spacial score (nSPS) is 11.9. The number of anilines is 1. The van der Waals surface area contributed by atoms with E-state index < -0.39 is 28.5 Å². The van der Waals surface area contributed by atoms with Gasteiger partial charge in [-0.25, -0.2) is 8.42 Å². The Hall–Kier alpha value is -3.72.